The molecular formula is C16H18F3NOS. The number of benzene rings is 1. The van der Waals surface area contributed by atoms with Crippen molar-refractivity contribution in [3.05, 3.63) is 23.3 Å². The number of hydrogen-bond acceptors (Lipinski definition) is 3. The van der Waals surface area contributed by atoms with E-state index in [2.05, 4.69) is 22.4 Å². The van der Waals surface area contributed by atoms with Crippen LogP contribution in [0.2, 0.25) is 0 Å². The Kier molecular flexibility index (Phi) is 5.24. The molecule has 1 saturated carbocycles. The molecule has 0 heterocycles. The number of thiocarbonyl (C=S) groups is 1. The van der Waals surface area contributed by atoms with Gasteiger partial charge in [-0.2, -0.15) is 13.8 Å². The Hall–Kier alpha value is -1.39. The number of ether oxygens (including phenoxy) is 1. The Morgan fingerprint density at radius 2 is 1.73 bits per heavy atom. The molecule has 1 aliphatic carbocycles. The molecule has 0 N–H and O–H groups in total. The zero-order chi connectivity index (χ0) is 16.3. The van der Waals surface area contributed by atoms with E-state index in [4.69, 9.17) is 4.74 Å². The van der Waals surface area contributed by atoms with Gasteiger partial charge in [0.2, 0.25) is 0 Å². The van der Waals surface area contributed by atoms with E-state index in [1.54, 1.807) is 13.8 Å². The zero-order valence-corrected chi connectivity index (χ0v) is 13.4. The first-order valence-electron chi connectivity index (χ1n) is 7.23. The van der Waals surface area contributed by atoms with Crippen molar-refractivity contribution >= 4 is 23.1 Å². The van der Waals surface area contributed by atoms with Gasteiger partial charge in [-0.25, -0.2) is 4.39 Å². The molecule has 0 bridgehead atoms. The number of halogens is 3. The number of hydrogen-bond donors (Lipinski definition) is 0. The van der Waals surface area contributed by atoms with Crippen molar-refractivity contribution in [3.8, 4) is 5.75 Å². The summed E-state index contributed by atoms with van der Waals surface area (Å²) < 4.78 is 46.5. The topological polar surface area (TPSA) is 21.6 Å². The smallest absolute Gasteiger partial charge is 0.400 e. The van der Waals surface area contributed by atoms with Crippen molar-refractivity contribution in [2.75, 3.05) is 0 Å². The summed E-state index contributed by atoms with van der Waals surface area (Å²) in [4.78, 5) is 3.92. The lowest BCUT2D eigenvalue weighted by molar-refractivity contribution is -0.223. The summed E-state index contributed by atoms with van der Waals surface area (Å²) >= 11 is 4.57. The van der Waals surface area contributed by atoms with Gasteiger partial charge >= 0.3 is 6.11 Å². The van der Waals surface area contributed by atoms with Gasteiger partial charge in [0.25, 0.3) is 0 Å². The van der Waals surface area contributed by atoms with Crippen LogP contribution in [0.25, 0.3) is 0 Å². The molecule has 2 nitrogen and oxygen atoms in total. The van der Waals surface area contributed by atoms with E-state index in [0.717, 1.165) is 0 Å². The Morgan fingerprint density at radius 3 is 2.23 bits per heavy atom. The molecule has 0 saturated heterocycles. The summed E-state index contributed by atoms with van der Waals surface area (Å²) in [5.74, 6) is -0.857. The summed E-state index contributed by atoms with van der Waals surface area (Å²) in [6.07, 6.45) is -3.65. The van der Waals surface area contributed by atoms with Crippen molar-refractivity contribution in [2.45, 2.75) is 51.8 Å². The highest BCUT2D eigenvalue weighted by Crippen LogP contribution is 2.40. The highest BCUT2D eigenvalue weighted by atomic mass is 32.1. The summed E-state index contributed by atoms with van der Waals surface area (Å²) in [5, 5.41) is 2.27. The lowest BCUT2D eigenvalue weighted by atomic mass is 9.87. The molecule has 0 amide bonds. The van der Waals surface area contributed by atoms with Gasteiger partial charge in [-0.1, -0.05) is 0 Å². The number of alkyl halides is 3. The minimum absolute atomic E-state index is 0.0886. The molecule has 0 aliphatic heterocycles. The normalized spacial score (nSPS) is 22.0. The second kappa shape index (κ2) is 6.80. The summed E-state index contributed by atoms with van der Waals surface area (Å²) in [7, 11) is 0. The molecule has 0 atom stereocenters. The molecule has 22 heavy (non-hydrogen) atoms. The number of rotatable bonds is 4. The van der Waals surface area contributed by atoms with Gasteiger partial charge in [0.15, 0.2) is 0 Å². The van der Waals surface area contributed by atoms with E-state index in [9.17, 15) is 13.2 Å². The number of isothiocyanates is 1. The van der Waals surface area contributed by atoms with Gasteiger partial charge in [0, 0.05) is 0 Å². The first-order valence-corrected chi connectivity index (χ1v) is 7.64. The lowest BCUT2D eigenvalue weighted by Gasteiger charge is -2.31. The van der Waals surface area contributed by atoms with E-state index in [1.165, 1.54) is 12.1 Å². The van der Waals surface area contributed by atoms with E-state index in [1.807, 2.05) is 0 Å². The molecule has 0 radical (unpaired) electrons. The van der Waals surface area contributed by atoms with Gasteiger partial charge in [-0.05, 0) is 75.0 Å². The number of nitrogens with zero attached hydrogens (tertiary/aromatic N) is 1. The van der Waals surface area contributed by atoms with Crippen LogP contribution in [0.15, 0.2) is 17.1 Å². The number of aryl methyl sites for hydroxylation is 2. The fraction of sp³-hybridized carbons (Fsp3) is 0.562. The molecule has 1 fully saturated rings. The molecule has 120 valence electrons. The van der Waals surface area contributed by atoms with Gasteiger partial charge in [-0.3, -0.25) is 0 Å². The summed E-state index contributed by atoms with van der Waals surface area (Å²) in [6, 6.07) is 3.01. The first-order chi connectivity index (χ1) is 10.3. The molecule has 0 spiro atoms. The predicted molar refractivity (Wildman–Crippen MR) is 83.0 cm³/mol. The van der Waals surface area contributed by atoms with Crippen molar-refractivity contribution in [2.24, 2.45) is 10.9 Å². The average Bonchev–Trinajstić information content (AvgIpc) is 2.43. The van der Waals surface area contributed by atoms with Crippen molar-refractivity contribution < 1.29 is 17.9 Å². The molecule has 2 rings (SSSR count). The lowest BCUT2D eigenvalue weighted by Crippen LogP contribution is -2.37. The fourth-order valence-corrected chi connectivity index (χ4v) is 2.92. The van der Waals surface area contributed by atoms with Crippen LogP contribution in [0.3, 0.4) is 0 Å². The summed E-state index contributed by atoms with van der Waals surface area (Å²) in [5.41, 5.74) is 2.00. The Labute approximate surface area is 133 Å². The highest BCUT2D eigenvalue weighted by molar-refractivity contribution is 7.78. The summed E-state index contributed by atoms with van der Waals surface area (Å²) in [6.45, 7) is 3.50. The predicted octanol–water partition coefficient (Wildman–Crippen LogP) is 5.54. The van der Waals surface area contributed by atoms with Crippen LogP contribution < -0.4 is 4.74 Å². The van der Waals surface area contributed by atoms with Crippen molar-refractivity contribution in [3.63, 3.8) is 0 Å². The van der Waals surface area contributed by atoms with Gasteiger partial charge < -0.3 is 4.74 Å². The maximum absolute atomic E-state index is 14.2. The largest absolute Gasteiger partial charge is 0.432 e. The van der Waals surface area contributed by atoms with Crippen molar-refractivity contribution in [1.29, 1.82) is 0 Å². The van der Waals surface area contributed by atoms with Crippen molar-refractivity contribution in [1.82, 2.24) is 0 Å². The third kappa shape index (κ3) is 3.87. The van der Waals surface area contributed by atoms with Crippen LogP contribution >= 0.6 is 12.2 Å². The maximum atomic E-state index is 14.2. The number of aliphatic imine (C=N–C) groups is 1. The third-order valence-electron chi connectivity index (χ3n) is 4.01. The van der Waals surface area contributed by atoms with Crippen LogP contribution in [0.1, 0.15) is 36.8 Å². The minimum Gasteiger partial charge on any atom is -0.432 e. The molecule has 1 aromatic carbocycles. The second-order valence-electron chi connectivity index (χ2n) is 5.72. The van der Waals surface area contributed by atoms with Gasteiger partial charge in [-0.15, -0.1) is 0 Å². The quantitative estimate of drug-likeness (QED) is 0.534. The van der Waals surface area contributed by atoms with Crippen LogP contribution in [0.4, 0.5) is 18.9 Å². The standard InChI is InChI=1S/C16H18F3NOS/c1-10-7-14(8-11(2)15(10)20-9-22)21-16(18,19)12-3-5-13(17)6-4-12/h7-8,12-13H,3-6H2,1-2H3. The third-order valence-corrected chi connectivity index (χ3v) is 4.10. The Morgan fingerprint density at radius 1 is 1.18 bits per heavy atom. The first kappa shape index (κ1) is 17.0. The highest BCUT2D eigenvalue weighted by Gasteiger charge is 2.44. The maximum Gasteiger partial charge on any atom is 0.400 e. The Balaban J connectivity index is 2.17. The SMILES string of the molecule is Cc1cc(OC(F)(F)C2CCC(F)CC2)cc(C)c1N=C=S. The van der Waals surface area contributed by atoms with E-state index in [0.29, 0.717) is 16.8 Å². The molecule has 1 aliphatic rings. The van der Waals surface area contributed by atoms with Crippen LogP contribution in [-0.4, -0.2) is 17.4 Å². The van der Waals surface area contributed by atoms with Crippen LogP contribution in [0, 0.1) is 19.8 Å². The van der Waals surface area contributed by atoms with E-state index < -0.39 is 18.2 Å². The van der Waals surface area contributed by atoms with E-state index in [-0.39, 0.29) is 31.4 Å². The molecule has 0 unspecified atom stereocenters. The zero-order valence-electron chi connectivity index (χ0n) is 12.5. The average molecular weight is 329 g/mol. The molecule has 1 aromatic rings. The second-order valence-corrected chi connectivity index (χ2v) is 5.90. The molecular weight excluding hydrogens is 311 g/mol. The minimum atomic E-state index is -3.30. The van der Waals surface area contributed by atoms with Gasteiger partial charge in [0.1, 0.15) is 11.9 Å². The van der Waals surface area contributed by atoms with Gasteiger partial charge in [0.05, 0.1) is 16.8 Å². The Bertz CT molecular complexity index is 568. The molecule has 0 aromatic heterocycles. The van der Waals surface area contributed by atoms with Crippen LogP contribution in [0.5, 0.6) is 5.75 Å². The van der Waals surface area contributed by atoms with E-state index >= 15 is 0 Å². The molecule has 6 heteroatoms. The van der Waals surface area contributed by atoms with Crippen LogP contribution in [-0.2, 0) is 0 Å². The fourth-order valence-electron chi connectivity index (χ4n) is 2.83. The monoisotopic (exact) mass is 329 g/mol.